The van der Waals surface area contributed by atoms with Crippen molar-refractivity contribution < 1.29 is 28.2 Å². The summed E-state index contributed by atoms with van der Waals surface area (Å²) in [7, 11) is 0. The number of aromatic nitrogens is 2. The fraction of sp³-hybridized carbons (Fsp3) is 0.292. The zero-order chi connectivity index (χ0) is 23.6. The van der Waals surface area contributed by atoms with Gasteiger partial charge >= 0.3 is 11.9 Å². The summed E-state index contributed by atoms with van der Waals surface area (Å²) in [5.41, 5.74) is 3.88. The smallest absolute Gasteiger partial charge is 0.340 e. The van der Waals surface area contributed by atoms with Crippen LogP contribution in [0.2, 0.25) is 0 Å². The number of hydrogen-bond acceptors (Lipinski definition) is 5. The third-order valence-electron chi connectivity index (χ3n) is 5.27. The van der Waals surface area contributed by atoms with Crippen molar-refractivity contribution in [1.29, 1.82) is 0 Å². The Balaban J connectivity index is 1.76. The van der Waals surface area contributed by atoms with Gasteiger partial charge in [0.15, 0.2) is 6.61 Å². The first-order valence-electron chi connectivity index (χ1n) is 10.2. The Morgan fingerprint density at radius 2 is 1.66 bits per heavy atom. The summed E-state index contributed by atoms with van der Waals surface area (Å²) < 4.78 is 25.3. The van der Waals surface area contributed by atoms with Crippen molar-refractivity contribution in [2.45, 2.75) is 34.6 Å². The molecular weight excluding hydrogens is 415 g/mol. The molecule has 0 spiro atoms. The number of carbonyl (C=O) groups excluding carboxylic acids is 3. The Morgan fingerprint density at radius 3 is 2.28 bits per heavy atom. The van der Waals surface area contributed by atoms with Crippen LogP contribution in [0.3, 0.4) is 0 Å². The van der Waals surface area contributed by atoms with Crippen molar-refractivity contribution in [2.24, 2.45) is 0 Å². The number of rotatable bonds is 7. The third-order valence-corrected chi connectivity index (χ3v) is 5.27. The molecule has 0 atom stereocenters. The number of esters is 2. The maximum atomic E-state index is 13.2. The van der Waals surface area contributed by atoms with Gasteiger partial charge < -0.3 is 19.0 Å². The lowest BCUT2D eigenvalue weighted by Crippen LogP contribution is -2.16. The maximum Gasteiger partial charge on any atom is 0.340 e. The van der Waals surface area contributed by atoms with Crippen molar-refractivity contribution in [3.63, 3.8) is 0 Å². The minimum atomic E-state index is -0.647. The highest BCUT2D eigenvalue weighted by Gasteiger charge is 2.24. The van der Waals surface area contributed by atoms with Crippen LogP contribution in [0, 0.1) is 33.5 Å². The van der Waals surface area contributed by atoms with E-state index in [-0.39, 0.29) is 18.1 Å². The van der Waals surface area contributed by atoms with Gasteiger partial charge in [0.05, 0.1) is 23.4 Å². The molecule has 0 fully saturated rings. The summed E-state index contributed by atoms with van der Waals surface area (Å²) in [5.74, 6) is -1.97. The monoisotopic (exact) mass is 440 g/mol. The van der Waals surface area contributed by atoms with E-state index >= 15 is 0 Å². The van der Waals surface area contributed by atoms with Crippen LogP contribution < -0.4 is 0 Å². The number of H-pyrrole nitrogens is 1. The van der Waals surface area contributed by atoms with Gasteiger partial charge in [-0.2, -0.15) is 0 Å². The molecule has 7 nitrogen and oxygen atoms in total. The van der Waals surface area contributed by atoms with Crippen molar-refractivity contribution in [3.05, 3.63) is 75.6 Å². The first-order valence-corrected chi connectivity index (χ1v) is 10.2. The first kappa shape index (κ1) is 23.0. The number of carbonyl (C=O) groups is 3. The Morgan fingerprint density at radius 1 is 1.00 bits per heavy atom. The summed E-state index contributed by atoms with van der Waals surface area (Å²) in [6, 6.07) is 7.58. The molecule has 0 bridgehead atoms. The highest BCUT2D eigenvalue weighted by atomic mass is 19.1. The van der Waals surface area contributed by atoms with E-state index in [9.17, 15) is 18.8 Å². The molecule has 0 amide bonds. The molecular formula is C24H25FN2O5. The normalized spacial score (nSPS) is 10.8. The quantitative estimate of drug-likeness (QED) is 0.435. The molecule has 0 aliphatic heterocycles. The predicted molar refractivity (Wildman–Crippen MR) is 116 cm³/mol. The average Bonchev–Trinajstić information content (AvgIpc) is 3.21. The van der Waals surface area contributed by atoms with Crippen molar-refractivity contribution in [3.8, 4) is 5.69 Å². The summed E-state index contributed by atoms with van der Waals surface area (Å²) in [4.78, 5) is 40.3. The number of benzene rings is 1. The maximum absolute atomic E-state index is 13.2. The van der Waals surface area contributed by atoms with Crippen LogP contribution in [0.4, 0.5) is 4.39 Å². The second kappa shape index (κ2) is 9.21. The summed E-state index contributed by atoms with van der Waals surface area (Å²) in [6.45, 7) is 8.32. The third kappa shape index (κ3) is 4.34. The van der Waals surface area contributed by atoms with Gasteiger partial charge in [0.2, 0.25) is 5.78 Å². The Hall–Kier alpha value is -3.68. The van der Waals surface area contributed by atoms with E-state index in [1.54, 1.807) is 45.9 Å². The molecule has 0 aliphatic carbocycles. The zero-order valence-corrected chi connectivity index (χ0v) is 18.7. The molecule has 0 saturated heterocycles. The summed E-state index contributed by atoms with van der Waals surface area (Å²) in [5, 5.41) is 0. The van der Waals surface area contributed by atoms with E-state index in [0.717, 1.165) is 5.69 Å². The number of aryl methyl sites for hydroxylation is 2. The van der Waals surface area contributed by atoms with Crippen molar-refractivity contribution in [2.75, 3.05) is 13.2 Å². The van der Waals surface area contributed by atoms with Gasteiger partial charge in [-0.05, 0) is 70.5 Å². The van der Waals surface area contributed by atoms with Gasteiger partial charge in [0, 0.05) is 22.8 Å². The number of halogens is 1. The van der Waals surface area contributed by atoms with E-state index in [0.29, 0.717) is 33.8 Å². The molecule has 168 valence electrons. The number of ketones is 1. The van der Waals surface area contributed by atoms with Crippen LogP contribution in [-0.2, 0) is 9.47 Å². The molecule has 2 aromatic heterocycles. The molecule has 1 N–H and O–H groups in total. The number of nitrogens with zero attached hydrogens (tertiary/aromatic N) is 1. The molecule has 3 aromatic rings. The van der Waals surface area contributed by atoms with E-state index in [4.69, 9.17) is 9.47 Å². The zero-order valence-electron chi connectivity index (χ0n) is 18.7. The van der Waals surface area contributed by atoms with Crippen LogP contribution in [-0.4, -0.2) is 40.5 Å². The second-order valence-electron chi connectivity index (χ2n) is 7.44. The average molecular weight is 440 g/mol. The minimum absolute atomic E-state index is 0.204. The molecule has 0 unspecified atom stereocenters. The van der Waals surface area contributed by atoms with E-state index in [2.05, 4.69) is 4.98 Å². The topological polar surface area (TPSA) is 90.4 Å². The van der Waals surface area contributed by atoms with Gasteiger partial charge in [0.1, 0.15) is 5.82 Å². The fourth-order valence-corrected chi connectivity index (χ4v) is 3.78. The molecule has 0 radical (unpaired) electrons. The lowest BCUT2D eigenvalue weighted by molar-refractivity contribution is 0.0471. The van der Waals surface area contributed by atoms with E-state index in [1.807, 2.05) is 11.5 Å². The number of ether oxygens (including phenoxy) is 2. The number of aromatic amines is 1. The van der Waals surface area contributed by atoms with Crippen LogP contribution in [0.5, 0.6) is 0 Å². The molecule has 3 rings (SSSR count). The van der Waals surface area contributed by atoms with Crippen LogP contribution in [0.25, 0.3) is 5.69 Å². The van der Waals surface area contributed by atoms with Crippen LogP contribution >= 0.6 is 0 Å². The summed E-state index contributed by atoms with van der Waals surface area (Å²) in [6.07, 6.45) is 0. The first-order chi connectivity index (χ1) is 15.1. The number of hydrogen-bond donors (Lipinski definition) is 1. The highest BCUT2D eigenvalue weighted by Crippen LogP contribution is 2.23. The Labute approximate surface area is 185 Å². The molecule has 0 aliphatic rings. The van der Waals surface area contributed by atoms with Gasteiger partial charge in [-0.25, -0.2) is 14.0 Å². The minimum Gasteiger partial charge on any atom is -0.462 e. The second-order valence-corrected chi connectivity index (χ2v) is 7.44. The Kier molecular flexibility index (Phi) is 6.62. The van der Waals surface area contributed by atoms with E-state index < -0.39 is 24.3 Å². The lowest BCUT2D eigenvalue weighted by Gasteiger charge is -2.10. The molecule has 1 aromatic carbocycles. The van der Waals surface area contributed by atoms with E-state index in [1.165, 1.54) is 12.1 Å². The lowest BCUT2D eigenvalue weighted by atomic mass is 10.1. The van der Waals surface area contributed by atoms with Crippen molar-refractivity contribution in [1.82, 2.24) is 9.55 Å². The van der Waals surface area contributed by atoms with Gasteiger partial charge in [-0.3, -0.25) is 4.79 Å². The SMILES string of the molecule is CCOC(=O)c1c(C)[nH]c(C(=O)COC(=O)c2cc(C)n(-c3ccc(F)cc3)c2C)c1C. The molecule has 32 heavy (non-hydrogen) atoms. The standard InChI is InChI=1S/C24H25FN2O5/c1-6-31-24(30)21-14(3)22(26-15(21)4)20(28)12-32-23(29)19-11-13(2)27(16(19)5)18-9-7-17(25)8-10-18/h7-11,26H,6,12H2,1-5H3. The van der Waals surface area contributed by atoms with Gasteiger partial charge in [-0.1, -0.05) is 0 Å². The fourth-order valence-electron chi connectivity index (χ4n) is 3.78. The van der Waals surface area contributed by atoms with Gasteiger partial charge in [-0.15, -0.1) is 0 Å². The van der Waals surface area contributed by atoms with Crippen molar-refractivity contribution >= 4 is 17.7 Å². The van der Waals surface area contributed by atoms with Gasteiger partial charge in [0.25, 0.3) is 0 Å². The summed E-state index contributed by atoms with van der Waals surface area (Å²) >= 11 is 0. The molecule has 2 heterocycles. The number of Topliss-reactive ketones (excluding diaryl/α,β-unsaturated/α-hetero) is 1. The Bertz CT molecular complexity index is 1190. The molecule has 0 saturated carbocycles. The predicted octanol–water partition coefficient (Wildman–Crippen LogP) is 4.39. The van der Waals surface area contributed by atoms with Crippen LogP contribution in [0.15, 0.2) is 30.3 Å². The largest absolute Gasteiger partial charge is 0.462 e. The molecule has 8 heteroatoms. The highest BCUT2D eigenvalue weighted by molar-refractivity contribution is 6.03. The number of nitrogens with one attached hydrogen (secondary N) is 1. The van der Waals surface area contributed by atoms with Crippen LogP contribution in [0.1, 0.15) is 60.8 Å².